The van der Waals surface area contributed by atoms with Crippen LogP contribution in [0.2, 0.25) is 0 Å². The minimum Gasteiger partial charge on any atom is -0.480 e. The molecule has 0 aromatic rings. The largest absolute Gasteiger partial charge is 0.480 e. The smallest absolute Gasteiger partial charge is 0.326 e. The van der Waals surface area contributed by atoms with Crippen LogP contribution in [0.25, 0.3) is 0 Å². The van der Waals surface area contributed by atoms with E-state index < -0.39 is 24.0 Å². The summed E-state index contributed by atoms with van der Waals surface area (Å²) < 4.78 is 4.71. The Morgan fingerprint density at radius 2 is 2.05 bits per heavy atom. The average molecular weight is 272 g/mol. The van der Waals surface area contributed by atoms with Crippen molar-refractivity contribution in [2.75, 3.05) is 20.2 Å². The van der Waals surface area contributed by atoms with E-state index in [-0.39, 0.29) is 13.2 Å². The van der Waals surface area contributed by atoms with Crippen molar-refractivity contribution in [2.24, 2.45) is 5.92 Å². The SMILES string of the molecule is CCOC(=O)CN(C)C(=O)N[C@@H](CC1CC1)C(=O)O. The first-order valence-corrected chi connectivity index (χ1v) is 6.34. The molecule has 2 amide bonds. The highest BCUT2D eigenvalue weighted by Gasteiger charge is 2.31. The van der Waals surface area contributed by atoms with E-state index in [0.29, 0.717) is 12.3 Å². The molecule has 0 saturated heterocycles. The van der Waals surface area contributed by atoms with Gasteiger partial charge in [0, 0.05) is 7.05 Å². The topological polar surface area (TPSA) is 95.9 Å². The van der Waals surface area contributed by atoms with E-state index in [1.807, 2.05) is 0 Å². The summed E-state index contributed by atoms with van der Waals surface area (Å²) in [5, 5.41) is 11.4. The van der Waals surface area contributed by atoms with Crippen molar-refractivity contribution < 1.29 is 24.2 Å². The lowest BCUT2D eigenvalue weighted by Gasteiger charge is -2.20. The third kappa shape index (κ3) is 5.58. The molecule has 1 rings (SSSR count). The molecule has 0 aliphatic heterocycles. The highest BCUT2D eigenvalue weighted by atomic mass is 16.5. The lowest BCUT2D eigenvalue weighted by Crippen LogP contribution is -2.48. The second kappa shape index (κ2) is 6.96. The van der Waals surface area contributed by atoms with Gasteiger partial charge in [-0.2, -0.15) is 0 Å². The number of carbonyl (C=O) groups is 3. The van der Waals surface area contributed by atoms with Crippen molar-refractivity contribution >= 4 is 18.0 Å². The number of carbonyl (C=O) groups excluding carboxylic acids is 2. The van der Waals surface area contributed by atoms with Crippen LogP contribution in [0.5, 0.6) is 0 Å². The summed E-state index contributed by atoms with van der Waals surface area (Å²) in [6.45, 7) is 1.72. The zero-order valence-electron chi connectivity index (χ0n) is 11.2. The summed E-state index contributed by atoms with van der Waals surface area (Å²) in [5.41, 5.74) is 0. The third-order valence-corrected chi connectivity index (χ3v) is 2.88. The van der Waals surface area contributed by atoms with E-state index in [1.54, 1.807) is 6.92 Å². The molecule has 1 aliphatic carbocycles. The second-order valence-corrected chi connectivity index (χ2v) is 4.68. The van der Waals surface area contributed by atoms with Gasteiger partial charge in [-0.1, -0.05) is 12.8 Å². The van der Waals surface area contributed by atoms with Gasteiger partial charge in [-0.25, -0.2) is 9.59 Å². The summed E-state index contributed by atoms with van der Waals surface area (Å²) in [4.78, 5) is 35.1. The van der Waals surface area contributed by atoms with E-state index >= 15 is 0 Å². The van der Waals surface area contributed by atoms with Gasteiger partial charge in [-0.3, -0.25) is 4.79 Å². The maximum absolute atomic E-state index is 11.7. The number of carboxylic acid groups (broad SMARTS) is 1. The number of nitrogens with one attached hydrogen (secondary N) is 1. The third-order valence-electron chi connectivity index (χ3n) is 2.88. The summed E-state index contributed by atoms with van der Waals surface area (Å²) >= 11 is 0. The Hall–Kier alpha value is -1.79. The van der Waals surface area contributed by atoms with Gasteiger partial charge in [0.25, 0.3) is 0 Å². The molecule has 1 aliphatic rings. The van der Waals surface area contributed by atoms with Crippen LogP contribution in [0.4, 0.5) is 4.79 Å². The summed E-state index contributed by atoms with van der Waals surface area (Å²) in [7, 11) is 1.42. The maximum Gasteiger partial charge on any atom is 0.326 e. The molecular formula is C12H20N2O5. The lowest BCUT2D eigenvalue weighted by atomic mass is 10.1. The van der Waals surface area contributed by atoms with Crippen LogP contribution in [0, 0.1) is 5.92 Å². The number of carboxylic acids is 1. The minimum atomic E-state index is -1.05. The first kappa shape index (κ1) is 15.3. The van der Waals surface area contributed by atoms with Crippen LogP contribution in [0.1, 0.15) is 26.2 Å². The number of amides is 2. The molecule has 0 radical (unpaired) electrons. The highest BCUT2D eigenvalue weighted by Crippen LogP contribution is 2.33. The molecule has 0 spiro atoms. The van der Waals surface area contributed by atoms with E-state index in [9.17, 15) is 14.4 Å². The minimum absolute atomic E-state index is 0.199. The molecule has 1 saturated carbocycles. The molecule has 0 aromatic heterocycles. The fourth-order valence-electron chi connectivity index (χ4n) is 1.64. The second-order valence-electron chi connectivity index (χ2n) is 4.68. The van der Waals surface area contributed by atoms with E-state index in [1.165, 1.54) is 7.05 Å². The first-order chi connectivity index (χ1) is 8.93. The van der Waals surface area contributed by atoms with Crippen molar-refractivity contribution in [1.29, 1.82) is 0 Å². The predicted molar refractivity (Wildman–Crippen MR) is 66.6 cm³/mol. The number of ether oxygens (including phenoxy) is 1. The zero-order chi connectivity index (χ0) is 14.4. The van der Waals surface area contributed by atoms with Crippen LogP contribution >= 0.6 is 0 Å². The summed E-state index contributed by atoms with van der Waals surface area (Å²) in [6, 6.07) is -1.48. The van der Waals surface area contributed by atoms with Gasteiger partial charge in [0.05, 0.1) is 6.61 Å². The van der Waals surface area contributed by atoms with Gasteiger partial charge < -0.3 is 20.1 Å². The van der Waals surface area contributed by atoms with E-state index in [2.05, 4.69) is 5.32 Å². The van der Waals surface area contributed by atoms with Gasteiger partial charge in [0.1, 0.15) is 12.6 Å². The Labute approximate surface area is 111 Å². The van der Waals surface area contributed by atoms with Gasteiger partial charge in [-0.15, -0.1) is 0 Å². The van der Waals surface area contributed by atoms with Crippen LogP contribution in [-0.2, 0) is 14.3 Å². The molecule has 1 fully saturated rings. The first-order valence-electron chi connectivity index (χ1n) is 6.34. The molecule has 0 heterocycles. The summed E-state index contributed by atoms with van der Waals surface area (Å²) in [5.74, 6) is -1.18. The number of rotatable bonds is 7. The van der Waals surface area contributed by atoms with E-state index in [4.69, 9.17) is 9.84 Å². The average Bonchev–Trinajstić information content (AvgIpc) is 3.11. The molecular weight excluding hydrogens is 252 g/mol. The normalized spacial score (nSPS) is 15.5. The number of hydrogen-bond acceptors (Lipinski definition) is 4. The van der Waals surface area contributed by atoms with Gasteiger partial charge in [0.2, 0.25) is 0 Å². The molecule has 7 nitrogen and oxygen atoms in total. The maximum atomic E-state index is 11.7. The van der Waals surface area contributed by atoms with Gasteiger partial charge >= 0.3 is 18.0 Å². The van der Waals surface area contributed by atoms with Crippen molar-refractivity contribution in [2.45, 2.75) is 32.2 Å². The quantitative estimate of drug-likeness (QED) is 0.656. The molecule has 1 atom stereocenters. The van der Waals surface area contributed by atoms with Crippen LogP contribution in [0.15, 0.2) is 0 Å². The molecule has 0 aromatic carbocycles. The molecule has 19 heavy (non-hydrogen) atoms. The number of esters is 1. The van der Waals surface area contributed by atoms with Crippen LogP contribution < -0.4 is 5.32 Å². The molecule has 7 heteroatoms. The van der Waals surface area contributed by atoms with Crippen LogP contribution in [0.3, 0.4) is 0 Å². The summed E-state index contributed by atoms with van der Waals surface area (Å²) in [6.07, 6.45) is 2.46. The number of nitrogens with zero attached hydrogens (tertiary/aromatic N) is 1. The van der Waals surface area contributed by atoms with E-state index in [0.717, 1.165) is 17.7 Å². The van der Waals surface area contributed by atoms with Crippen molar-refractivity contribution in [3.8, 4) is 0 Å². The Kier molecular flexibility index (Phi) is 5.59. The van der Waals surface area contributed by atoms with Crippen molar-refractivity contribution in [1.82, 2.24) is 10.2 Å². The van der Waals surface area contributed by atoms with Crippen molar-refractivity contribution in [3.63, 3.8) is 0 Å². The highest BCUT2D eigenvalue weighted by molar-refractivity contribution is 5.85. The number of aliphatic carboxylic acids is 1. The Bertz CT molecular complexity index is 354. The number of likely N-dealkylation sites (N-methyl/N-ethyl adjacent to an activating group) is 1. The molecule has 108 valence electrons. The van der Waals surface area contributed by atoms with Crippen LogP contribution in [-0.4, -0.2) is 54.2 Å². The molecule has 0 bridgehead atoms. The fourth-order valence-corrected chi connectivity index (χ4v) is 1.64. The number of hydrogen-bond donors (Lipinski definition) is 2. The monoisotopic (exact) mass is 272 g/mol. The number of urea groups is 1. The van der Waals surface area contributed by atoms with Crippen molar-refractivity contribution in [3.05, 3.63) is 0 Å². The predicted octanol–water partition coefficient (Wildman–Crippen LogP) is 0.444. The van der Waals surface area contributed by atoms with Gasteiger partial charge in [-0.05, 0) is 19.3 Å². The zero-order valence-corrected chi connectivity index (χ0v) is 11.2. The Morgan fingerprint density at radius 3 is 2.53 bits per heavy atom. The fraction of sp³-hybridized carbons (Fsp3) is 0.750. The Balaban J connectivity index is 2.41. The van der Waals surface area contributed by atoms with Gasteiger partial charge in [0.15, 0.2) is 0 Å². The Morgan fingerprint density at radius 1 is 1.42 bits per heavy atom. The lowest BCUT2D eigenvalue weighted by molar-refractivity contribution is -0.143. The molecule has 2 N–H and O–H groups in total. The standard InChI is InChI=1S/C12H20N2O5/c1-3-19-10(15)7-14(2)12(18)13-9(11(16)17)6-8-4-5-8/h8-9H,3-7H2,1-2H3,(H,13,18)(H,16,17)/t9-/m0/s1. The molecule has 0 unspecified atom stereocenters.